The van der Waals surface area contributed by atoms with Crippen LogP contribution in [0.25, 0.3) is 5.69 Å². The molecule has 0 spiro atoms. The normalized spacial score (nSPS) is 10.9. The van der Waals surface area contributed by atoms with E-state index >= 15 is 0 Å². The molecule has 1 aromatic heterocycles. The molecular formula is C11H12ClN3. The second kappa shape index (κ2) is 4.03. The van der Waals surface area contributed by atoms with E-state index in [1.165, 1.54) is 6.33 Å². The molecule has 0 aliphatic carbocycles. The first kappa shape index (κ1) is 10.2. The molecule has 0 radical (unpaired) electrons. The van der Waals surface area contributed by atoms with E-state index in [0.717, 1.165) is 16.3 Å². The molecule has 78 valence electrons. The molecule has 0 bridgehead atoms. The Kier molecular flexibility index (Phi) is 2.73. The highest BCUT2D eigenvalue weighted by molar-refractivity contribution is 6.31. The van der Waals surface area contributed by atoms with Crippen LogP contribution in [0.3, 0.4) is 0 Å². The van der Waals surface area contributed by atoms with Gasteiger partial charge in [-0.2, -0.15) is 5.10 Å². The molecular weight excluding hydrogens is 210 g/mol. The van der Waals surface area contributed by atoms with Gasteiger partial charge in [-0.3, -0.25) is 0 Å². The molecule has 0 unspecified atom stereocenters. The summed E-state index contributed by atoms with van der Waals surface area (Å²) in [6.45, 7) is 4.24. The zero-order valence-electron chi connectivity index (χ0n) is 8.68. The molecule has 0 saturated carbocycles. The number of nitrogens with zero attached hydrogens (tertiary/aromatic N) is 3. The molecule has 0 aliphatic rings. The highest BCUT2D eigenvalue weighted by Gasteiger charge is 2.06. The predicted octanol–water partition coefficient (Wildman–Crippen LogP) is 3.04. The Hall–Kier alpha value is -1.35. The summed E-state index contributed by atoms with van der Waals surface area (Å²) in [6, 6.07) is 5.94. The first-order valence-corrected chi connectivity index (χ1v) is 5.20. The van der Waals surface area contributed by atoms with E-state index in [4.69, 9.17) is 11.6 Å². The summed E-state index contributed by atoms with van der Waals surface area (Å²) in [4.78, 5) is 3.89. The fraction of sp³-hybridized carbons (Fsp3) is 0.273. The average Bonchev–Trinajstić information content (AvgIpc) is 2.69. The number of hydrogen-bond acceptors (Lipinski definition) is 2. The first-order valence-electron chi connectivity index (χ1n) is 4.83. The van der Waals surface area contributed by atoms with E-state index in [1.807, 2.05) is 18.2 Å². The van der Waals surface area contributed by atoms with Crippen molar-refractivity contribution in [1.29, 1.82) is 0 Å². The van der Waals surface area contributed by atoms with Gasteiger partial charge in [0.25, 0.3) is 0 Å². The van der Waals surface area contributed by atoms with Gasteiger partial charge in [0.2, 0.25) is 0 Å². The smallest absolute Gasteiger partial charge is 0.138 e. The number of halogens is 1. The average molecular weight is 222 g/mol. The van der Waals surface area contributed by atoms with E-state index < -0.39 is 0 Å². The number of benzene rings is 1. The van der Waals surface area contributed by atoms with Gasteiger partial charge in [0.1, 0.15) is 12.7 Å². The van der Waals surface area contributed by atoms with Crippen molar-refractivity contribution in [1.82, 2.24) is 14.8 Å². The van der Waals surface area contributed by atoms with Crippen molar-refractivity contribution in [3.05, 3.63) is 41.4 Å². The second-order valence-corrected chi connectivity index (χ2v) is 4.11. The largest absolute Gasteiger partial charge is 0.223 e. The lowest BCUT2D eigenvalue weighted by Crippen LogP contribution is -1.96. The lowest BCUT2D eigenvalue weighted by atomic mass is 10.0. The van der Waals surface area contributed by atoms with Crippen LogP contribution in [0, 0.1) is 0 Å². The summed E-state index contributed by atoms with van der Waals surface area (Å²) < 4.78 is 1.69. The molecule has 0 aliphatic heterocycles. The molecule has 0 saturated heterocycles. The van der Waals surface area contributed by atoms with E-state index in [2.05, 4.69) is 23.9 Å². The maximum absolute atomic E-state index is 6.18. The van der Waals surface area contributed by atoms with Gasteiger partial charge in [-0.05, 0) is 23.6 Å². The highest BCUT2D eigenvalue weighted by Crippen LogP contribution is 2.26. The van der Waals surface area contributed by atoms with Crippen LogP contribution in [0.15, 0.2) is 30.9 Å². The molecule has 3 nitrogen and oxygen atoms in total. The summed E-state index contributed by atoms with van der Waals surface area (Å²) in [5.41, 5.74) is 2.09. The van der Waals surface area contributed by atoms with Crippen molar-refractivity contribution in [3.63, 3.8) is 0 Å². The Balaban J connectivity index is 2.42. The van der Waals surface area contributed by atoms with E-state index in [1.54, 1.807) is 11.0 Å². The molecule has 0 fully saturated rings. The van der Waals surface area contributed by atoms with Gasteiger partial charge < -0.3 is 0 Å². The zero-order chi connectivity index (χ0) is 10.8. The Morgan fingerprint density at radius 3 is 2.67 bits per heavy atom. The molecule has 4 heteroatoms. The van der Waals surface area contributed by atoms with Gasteiger partial charge in [0.15, 0.2) is 0 Å². The first-order chi connectivity index (χ1) is 7.18. The van der Waals surface area contributed by atoms with E-state index in [0.29, 0.717) is 5.92 Å². The molecule has 1 aromatic carbocycles. The van der Waals surface area contributed by atoms with Crippen LogP contribution in [0.4, 0.5) is 0 Å². The topological polar surface area (TPSA) is 30.7 Å². The van der Waals surface area contributed by atoms with Crippen molar-refractivity contribution < 1.29 is 0 Å². The van der Waals surface area contributed by atoms with Crippen LogP contribution < -0.4 is 0 Å². The Morgan fingerprint density at radius 1 is 1.33 bits per heavy atom. The standard InChI is InChI=1S/C11H12ClN3/c1-8(2)10-4-3-9(5-11(10)12)15-7-13-6-14-15/h3-8H,1-2H3. The number of hydrogen-bond donors (Lipinski definition) is 0. The maximum Gasteiger partial charge on any atom is 0.138 e. The van der Waals surface area contributed by atoms with Crippen LogP contribution in [0.2, 0.25) is 5.02 Å². The van der Waals surface area contributed by atoms with Crippen LogP contribution in [-0.4, -0.2) is 14.8 Å². The van der Waals surface area contributed by atoms with Crippen LogP contribution in [0.1, 0.15) is 25.3 Å². The summed E-state index contributed by atoms with van der Waals surface area (Å²) in [7, 11) is 0. The molecule has 0 N–H and O–H groups in total. The summed E-state index contributed by atoms with van der Waals surface area (Å²) in [5.74, 6) is 0.433. The lowest BCUT2D eigenvalue weighted by molar-refractivity contribution is 0.853. The monoisotopic (exact) mass is 221 g/mol. The van der Waals surface area contributed by atoms with Gasteiger partial charge in [-0.1, -0.05) is 31.5 Å². The van der Waals surface area contributed by atoms with Gasteiger partial charge in [0, 0.05) is 5.02 Å². The van der Waals surface area contributed by atoms with Crippen molar-refractivity contribution in [2.24, 2.45) is 0 Å². The van der Waals surface area contributed by atoms with Crippen LogP contribution in [0.5, 0.6) is 0 Å². The summed E-state index contributed by atoms with van der Waals surface area (Å²) >= 11 is 6.18. The molecule has 0 atom stereocenters. The summed E-state index contributed by atoms with van der Waals surface area (Å²) in [6.07, 6.45) is 3.16. The molecule has 1 heterocycles. The SMILES string of the molecule is CC(C)c1ccc(-n2cncn2)cc1Cl. The molecule has 15 heavy (non-hydrogen) atoms. The summed E-state index contributed by atoms with van der Waals surface area (Å²) in [5, 5.41) is 4.82. The fourth-order valence-electron chi connectivity index (χ4n) is 1.47. The molecule has 0 amide bonds. The molecule has 2 aromatic rings. The minimum absolute atomic E-state index is 0.433. The third kappa shape index (κ3) is 2.02. The van der Waals surface area contributed by atoms with E-state index in [-0.39, 0.29) is 0 Å². The van der Waals surface area contributed by atoms with Crippen molar-refractivity contribution in [2.75, 3.05) is 0 Å². The third-order valence-electron chi connectivity index (χ3n) is 2.29. The van der Waals surface area contributed by atoms with Crippen molar-refractivity contribution in [3.8, 4) is 5.69 Å². The maximum atomic E-state index is 6.18. The number of aromatic nitrogens is 3. The Morgan fingerprint density at radius 2 is 2.13 bits per heavy atom. The van der Waals surface area contributed by atoms with Crippen LogP contribution >= 0.6 is 11.6 Å². The van der Waals surface area contributed by atoms with Crippen LogP contribution in [-0.2, 0) is 0 Å². The Labute approximate surface area is 93.7 Å². The highest BCUT2D eigenvalue weighted by atomic mass is 35.5. The quantitative estimate of drug-likeness (QED) is 0.781. The fourth-order valence-corrected chi connectivity index (χ4v) is 1.86. The molecule has 2 rings (SSSR count). The minimum atomic E-state index is 0.433. The van der Waals surface area contributed by atoms with Gasteiger partial charge in [0.05, 0.1) is 5.69 Å². The Bertz CT molecular complexity index is 449. The van der Waals surface area contributed by atoms with Crippen molar-refractivity contribution in [2.45, 2.75) is 19.8 Å². The predicted molar refractivity (Wildman–Crippen MR) is 60.5 cm³/mol. The minimum Gasteiger partial charge on any atom is -0.223 e. The lowest BCUT2D eigenvalue weighted by Gasteiger charge is -2.09. The van der Waals surface area contributed by atoms with Gasteiger partial charge >= 0.3 is 0 Å². The van der Waals surface area contributed by atoms with Crippen molar-refractivity contribution >= 4 is 11.6 Å². The van der Waals surface area contributed by atoms with Gasteiger partial charge in [-0.25, -0.2) is 9.67 Å². The second-order valence-electron chi connectivity index (χ2n) is 3.70. The number of rotatable bonds is 2. The third-order valence-corrected chi connectivity index (χ3v) is 2.62. The van der Waals surface area contributed by atoms with E-state index in [9.17, 15) is 0 Å². The van der Waals surface area contributed by atoms with Gasteiger partial charge in [-0.15, -0.1) is 0 Å². The zero-order valence-corrected chi connectivity index (χ0v) is 9.44.